The van der Waals surface area contributed by atoms with Gasteiger partial charge < -0.3 is 10.2 Å². The first-order valence-corrected chi connectivity index (χ1v) is 6.79. The number of nitriles is 1. The molecule has 1 amide bonds. The van der Waals surface area contributed by atoms with Crippen molar-refractivity contribution in [3.63, 3.8) is 0 Å². The van der Waals surface area contributed by atoms with Crippen LogP contribution < -0.4 is 10.2 Å². The first kappa shape index (κ1) is 14.8. The predicted octanol–water partition coefficient (Wildman–Crippen LogP) is 1.92. The number of nitrogens with one attached hydrogen (secondary N) is 1. The van der Waals surface area contributed by atoms with Crippen molar-refractivity contribution in [1.29, 1.82) is 5.26 Å². The average molecular weight is 282 g/mol. The number of hydrogen-bond acceptors (Lipinski definition) is 4. The van der Waals surface area contributed by atoms with E-state index in [1.165, 1.54) is 0 Å². The van der Waals surface area contributed by atoms with E-state index in [0.717, 1.165) is 10.9 Å². The standard InChI is InChI=1S/C16H18N4O/c1-11(16(21)18-2)10-20(3)15-8-12(9-17)13-6-4-5-7-14(13)19-15/h4-8,11H,10H2,1-3H3,(H,18,21). The van der Waals surface area contributed by atoms with E-state index >= 15 is 0 Å². The highest BCUT2D eigenvalue weighted by atomic mass is 16.1. The van der Waals surface area contributed by atoms with Crippen LogP contribution in [0.4, 0.5) is 5.82 Å². The van der Waals surface area contributed by atoms with Crippen molar-refractivity contribution >= 4 is 22.6 Å². The first-order valence-electron chi connectivity index (χ1n) is 6.79. The van der Waals surface area contributed by atoms with Crippen molar-refractivity contribution in [3.8, 4) is 6.07 Å². The van der Waals surface area contributed by atoms with Crippen LogP contribution in [0.5, 0.6) is 0 Å². The van der Waals surface area contributed by atoms with Gasteiger partial charge in [-0.2, -0.15) is 5.26 Å². The maximum Gasteiger partial charge on any atom is 0.224 e. The molecule has 0 bridgehead atoms. The third kappa shape index (κ3) is 3.11. The van der Waals surface area contributed by atoms with Crippen LogP contribution in [0.3, 0.4) is 0 Å². The SMILES string of the molecule is CNC(=O)C(C)CN(C)c1cc(C#N)c2ccccc2n1. The Morgan fingerprint density at radius 3 is 2.86 bits per heavy atom. The van der Waals surface area contributed by atoms with Gasteiger partial charge in [0, 0.05) is 26.0 Å². The minimum atomic E-state index is -0.154. The third-order valence-electron chi connectivity index (χ3n) is 3.46. The smallest absolute Gasteiger partial charge is 0.224 e. The Hall–Kier alpha value is -2.61. The zero-order chi connectivity index (χ0) is 15.4. The number of fused-ring (bicyclic) bond motifs is 1. The van der Waals surface area contributed by atoms with Crippen molar-refractivity contribution in [2.45, 2.75) is 6.92 Å². The average Bonchev–Trinajstić information content (AvgIpc) is 2.52. The molecule has 2 aromatic rings. The van der Waals surface area contributed by atoms with E-state index in [2.05, 4.69) is 16.4 Å². The number of anilines is 1. The normalized spacial score (nSPS) is 11.7. The summed E-state index contributed by atoms with van der Waals surface area (Å²) in [5, 5.41) is 12.8. The first-order chi connectivity index (χ1) is 10.1. The molecule has 0 spiro atoms. The highest BCUT2D eigenvalue weighted by Crippen LogP contribution is 2.22. The van der Waals surface area contributed by atoms with Crippen LogP contribution in [0, 0.1) is 17.2 Å². The molecule has 0 fully saturated rings. The molecule has 2 rings (SSSR count). The summed E-state index contributed by atoms with van der Waals surface area (Å²) in [5.41, 5.74) is 1.38. The molecule has 1 heterocycles. The van der Waals surface area contributed by atoms with Gasteiger partial charge in [-0.1, -0.05) is 25.1 Å². The van der Waals surface area contributed by atoms with Crippen LogP contribution in [0.1, 0.15) is 12.5 Å². The van der Waals surface area contributed by atoms with E-state index < -0.39 is 0 Å². The van der Waals surface area contributed by atoms with Gasteiger partial charge in [0.15, 0.2) is 0 Å². The maximum atomic E-state index is 11.6. The third-order valence-corrected chi connectivity index (χ3v) is 3.46. The van der Waals surface area contributed by atoms with E-state index in [1.54, 1.807) is 13.1 Å². The lowest BCUT2D eigenvalue weighted by Crippen LogP contribution is -2.34. The number of carbonyl (C=O) groups is 1. The number of hydrogen-bond donors (Lipinski definition) is 1. The van der Waals surface area contributed by atoms with Crippen molar-refractivity contribution in [3.05, 3.63) is 35.9 Å². The number of carbonyl (C=O) groups excluding carboxylic acids is 1. The van der Waals surface area contributed by atoms with E-state index in [9.17, 15) is 10.1 Å². The zero-order valence-corrected chi connectivity index (χ0v) is 12.4. The number of pyridine rings is 1. The molecule has 1 N–H and O–H groups in total. The maximum absolute atomic E-state index is 11.6. The molecule has 0 radical (unpaired) electrons. The van der Waals surface area contributed by atoms with Gasteiger partial charge in [-0.05, 0) is 12.1 Å². The molecule has 1 aromatic heterocycles. The lowest BCUT2D eigenvalue weighted by atomic mass is 10.1. The fraction of sp³-hybridized carbons (Fsp3) is 0.312. The van der Waals surface area contributed by atoms with Crippen molar-refractivity contribution in [2.24, 2.45) is 5.92 Å². The molecular weight excluding hydrogens is 264 g/mol. The van der Waals surface area contributed by atoms with E-state index in [4.69, 9.17) is 0 Å². The molecule has 108 valence electrons. The fourth-order valence-corrected chi connectivity index (χ4v) is 2.28. The fourth-order valence-electron chi connectivity index (χ4n) is 2.28. The van der Waals surface area contributed by atoms with Crippen LogP contribution in [0.2, 0.25) is 0 Å². The van der Waals surface area contributed by atoms with Gasteiger partial charge in [-0.25, -0.2) is 4.98 Å². The largest absolute Gasteiger partial charge is 0.359 e. The van der Waals surface area contributed by atoms with Crippen molar-refractivity contribution < 1.29 is 4.79 Å². The summed E-state index contributed by atoms with van der Waals surface area (Å²) in [6.07, 6.45) is 0. The number of benzene rings is 1. The van der Waals surface area contributed by atoms with Crippen LogP contribution in [-0.2, 0) is 4.79 Å². The minimum Gasteiger partial charge on any atom is -0.359 e. The summed E-state index contributed by atoms with van der Waals surface area (Å²) in [6, 6.07) is 11.5. The number of nitrogens with zero attached hydrogens (tertiary/aromatic N) is 3. The molecule has 0 saturated carbocycles. The molecule has 0 aliphatic carbocycles. The number of rotatable bonds is 4. The van der Waals surface area contributed by atoms with Crippen molar-refractivity contribution in [2.75, 3.05) is 25.5 Å². The topological polar surface area (TPSA) is 69.0 Å². The molecule has 0 aliphatic heterocycles. The van der Waals surface area contributed by atoms with Crippen LogP contribution in [0.25, 0.3) is 10.9 Å². The van der Waals surface area contributed by atoms with Gasteiger partial charge in [0.1, 0.15) is 5.82 Å². The molecule has 1 unspecified atom stereocenters. The lowest BCUT2D eigenvalue weighted by molar-refractivity contribution is -0.123. The van der Waals surface area contributed by atoms with Gasteiger partial charge in [-0.15, -0.1) is 0 Å². The van der Waals surface area contributed by atoms with Crippen LogP contribution in [-0.4, -0.2) is 31.5 Å². The second kappa shape index (κ2) is 6.23. The Balaban J connectivity index is 2.34. The summed E-state index contributed by atoms with van der Waals surface area (Å²) in [4.78, 5) is 18.1. The minimum absolute atomic E-state index is 0.0110. The van der Waals surface area contributed by atoms with Crippen molar-refractivity contribution in [1.82, 2.24) is 10.3 Å². The Labute approximate surface area is 124 Å². The predicted molar refractivity (Wildman–Crippen MR) is 83.0 cm³/mol. The molecule has 21 heavy (non-hydrogen) atoms. The number of amides is 1. The molecule has 5 heteroatoms. The zero-order valence-electron chi connectivity index (χ0n) is 12.4. The Morgan fingerprint density at radius 1 is 1.48 bits per heavy atom. The summed E-state index contributed by atoms with van der Waals surface area (Å²) >= 11 is 0. The number of aromatic nitrogens is 1. The second-order valence-corrected chi connectivity index (χ2v) is 5.05. The summed E-state index contributed by atoms with van der Waals surface area (Å²) in [6.45, 7) is 2.40. The van der Waals surface area contributed by atoms with Gasteiger partial charge in [0.2, 0.25) is 5.91 Å². The second-order valence-electron chi connectivity index (χ2n) is 5.05. The molecule has 1 aromatic carbocycles. The quantitative estimate of drug-likeness (QED) is 0.930. The molecule has 5 nitrogen and oxygen atoms in total. The Bertz CT molecular complexity index is 705. The van der Waals surface area contributed by atoms with Gasteiger partial charge >= 0.3 is 0 Å². The van der Waals surface area contributed by atoms with E-state index in [1.807, 2.05) is 43.1 Å². The molecule has 0 aliphatic rings. The van der Waals surface area contributed by atoms with E-state index in [0.29, 0.717) is 17.9 Å². The van der Waals surface area contributed by atoms with Gasteiger partial charge in [-0.3, -0.25) is 4.79 Å². The highest BCUT2D eigenvalue weighted by molar-refractivity contribution is 5.86. The Kier molecular flexibility index (Phi) is 4.39. The van der Waals surface area contributed by atoms with Crippen LogP contribution >= 0.6 is 0 Å². The molecular formula is C16H18N4O. The summed E-state index contributed by atoms with van der Waals surface area (Å²) in [7, 11) is 3.50. The van der Waals surface area contributed by atoms with Gasteiger partial charge in [0.05, 0.1) is 23.1 Å². The highest BCUT2D eigenvalue weighted by Gasteiger charge is 2.16. The Morgan fingerprint density at radius 2 is 2.19 bits per heavy atom. The van der Waals surface area contributed by atoms with Crippen LogP contribution in [0.15, 0.2) is 30.3 Å². The summed E-state index contributed by atoms with van der Waals surface area (Å²) < 4.78 is 0. The van der Waals surface area contributed by atoms with E-state index in [-0.39, 0.29) is 11.8 Å². The molecule has 0 saturated heterocycles. The lowest BCUT2D eigenvalue weighted by Gasteiger charge is -2.22. The molecule has 1 atom stereocenters. The number of para-hydroxylation sites is 1. The van der Waals surface area contributed by atoms with Gasteiger partial charge in [0.25, 0.3) is 0 Å². The summed E-state index contributed by atoms with van der Waals surface area (Å²) in [5.74, 6) is 0.531. The monoisotopic (exact) mass is 282 g/mol.